The molecule has 5 aromatic rings. The zero-order chi connectivity index (χ0) is 32.9. The van der Waals surface area contributed by atoms with Crippen LogP contribution in [0.2, 0.25) is 0 Å². The first kappa shape index (κ1) is 31.0. The lowest BCUT2D eigenvalue weighted by Crippen LogP contribution is -2.31. The van der Waals surface area contributed by atoms with Crippen LogP contribution in [0.25, 0.3) is 16.8 Å². The second-order valence-electron chi connectivity index (χ2n) is 10.7. The molecule has 4 N–H and O–H groups in total. The number of nitrogens with two attached hydrogens (primary N) is 1. The summed E-state index contributed by atoms with van der Waals surface area (Å²) >= 11 is 1.25. The normalized spacial score (nSPS) is 14.7. The third-order valence-corrected chi connectivity index (χ3v) is 8.75. The molecule has 10 heteroatoms. The number of hydrogen-bond donors (Lipinski definition) is 3. The lowest BCUT2D eigenvalue weighted by Gasteiger charge is -2.15. The number of fused-ring (bicyclic) bond motifs is 1. The van der Waals surface area contributed by atoms with Crippen LogP contribution in [0.3, 0.4) is 0 Å². The Labute approximate surface area is 274 Å². The molecule has 1 heterocycles. The van der Waals surface area contributed by atoms with Crippen molar-refractivity contribution in [3.8, 4) is 0 Å². The van der Waals surface area contributed by atoms with Crippen molar-refractivity contribution in [1.29, 1.82) is 0 Å². The summed E-state index contributed by atoms with van der Waals surface area (Å²) in [5, 5.41) is 6.91. The van der Waals surface area contributed by atoms with Crippen molar-refractivity contribution in [3.63, 3.8) is 0 Å². The molecule has 1 aliphatic rings. The van der Waals surface area contributed by atoms with E-state index in [-0.39, 0.29) is 29.5 Å². The lowest BCUT2D eigenvalue weighted by molar-refractivity contribution is -0.121. The van der Waals surface area contributed by atoms with Crippen molar-refractivity contribution in [2.75, 3.05) is 10.2 Å². The van der Waals surface area contributed by atoms with E-state index in [1.54, 1.807) is 60.7 Å². The molecule has 9 nitrogen and oxygen atoms in total. The molecule has 6 rings (SSSR count). The van der Waals surface area contributed by atoms with Gasteiger partial charge in [-0.2, -0.15) is 0 Å². The summed E-state index contributed by atoms with van der Waals surface area (Å²) in [5.41, 5.74) is 7.65. The SMILES string of the molecule is NC(=O)c1ccc(N2C(=O)CC(Sc3ccc(NC(=O)/C(=C/c4cccc5ccccc45)NC(=O)c4ccccc4)cc3)C2=O)cc1. The Balaban J connectivity index is 1.17. The van der Waals surface area contributed by atoms with E-state index in [1.165, 1.54) is 36.0 Å². The highest BCUT2D eigenvalue weighted by atomic mass is 32.2. The Morgan fingerprint density at radius 1 is 0.766 bits per heavy atom. The zero-order valence-corrected chi connectivity index (χ0v) is 25.7. The quantitative estimate of drug-likeness (QED) is 0.138. The van der Waals surface area contributed by atoms with Crippen molar-refractivity contribution in [2.24, 2.45) is 5.73 Å². The minimum Gasteiger partial charge on any atom is -0.366 e. The predicted octanol–water partition coefficient (Wildman–Crippen LogP) is 5.77. The van der Waals surface area contributed by atoms with E-state index in [0.29, 0.717) is 16.9 Å². The summed E-state index contributed by atoms with van der Waals surface area (Å²) in [6.07, 6.45) is 1.67. The first-order valence-corrected chi connectivity index (χ1v) is 15.6. The van der Waals surface area contributed by atoms with Gasteiger partial charge in [-0.3, -0.25) is 24.0 Å². The van der Waals surface area contributed by atoms with Gasteiger partial charge in [-0.15, -0.1) is 11.8 Å². The number of primary amides is 1. The molecule has 0 saturated carbocycles. The van der Waals surface area contributed by atoms with E-state index in [2.05, 4.69) is 10.6 Å². The molecule has 1 fully saturated rings. The number of amides is 5. The highest BCUT2D eigenvalue weighted by Gasteiger charge is 2.40. The van der Waals surface area contributed by atoms with Crippen LogP contribution in [0, 0.1) is 0 Å². The lowest BCUT2D eigenvalue weighted by atomic mass is 10.0. The molecule has 1 unspecified atom stereocenters. The minimum atomic E-state index is -0.637. The number of benzene rings is 5. The van der Waals surface area contributed by atoms with Gasteiger partial charge in [-0.25, -0.2) is 4.90 Å². The molecule has 0 aliphatic carbocycles. The molecule has 1 saturated heterocycles. The molecule has 5 aromatic carbocycles. The van der Waals surface area contributed by atoms with Gasteiger partial charge in [0.1, 0.15) is 5.70 Å². The summed E-state index contributed by atoms with van der Waals surface area (Å²) in [7, 11) is 0. The van der Waals surface area contributed by atoms with E-state index in [1.807, 2.05) is 42.5 Å². The van der Waals surface area contributed by atoms with Crippen LogP contribution in [0.5, 0.6) is 0 Å². The van der Waals surface area contributed by atoms with Crippen LogP contribution < -0.4 is 21.3 Å². The summed E-state index contributed by atoms with van der Waals surface area (Å²) in [6, 6.07) is 35.0. The van der Waals surface area contributed by atoms with Crippen LogP contribution in [-0.2, 0) is 14.4 Å². The van der Waals surface area contributed by atoms with Gasteiger partial charge in [0.15, 0.2) is 0 Å². The Bertz CT molecular complexity index is 2040. The molecule has 5 amide bonds. The first-order chi connectivity index (χ1) is 22.8. The Hall–Kier alpha value is -6.00. The molecule has 47 heavy (non-hydrogen) atoms. The van der Waals surface area contributed by atoms with Crippen LogP contribution in [0.15, 0.2) is 132 Å². The van der Waals surface area contributed by atoms with E-state index in [0.717, 1.165) is 26.1 Å². The van der Waals surface area contributed by atoms with Crippen molar-refractivity contribution >= 4 is 69.5 Å². The van der Waals surface area contributed by atoms with Gasteiger partial charge in [0.25, 0.3) is 11.8 Å². The second kappa shape index (κ2) is 13.6. The number of anilines is 2. The predicted molar refractivity (Wildman–Crippen MR) is 183 cm³/mol. The smallest absolute Gasteiger partial charge is 0.272 e. The largest absolute Gasteiger partial charge is 0.366 e. The van der Waals surface area contributed by atoms with Gasteiger partial charge < -0.3 is 16.4 Å². The fraction of sp³-hybridized carbons (Fsp3) is 0.0541. The van der Waals surface area contributed by atoms with Crippen LogP contribution in [0.1, 0.15) is 32.7 Å². The average Bonchev–Trinajstić information content (AvgIpc) is 3.37. The van der Waals surface area contributed by atoms with E-state index >= 15 is 0 Å². The van der Waals surface area contributed by atoms with E-state index in [9.17, 15) is 24.0 Å². The Kier molecular flexibility index (Phi) is 8.94. The number of nitrogens with one attached hydrogen (secondary N) is 2. The Morgan fingerprint density at radius 3 is 2.17 bits per heavy atom. The van der Waals surface area contributed by atoms with Gasteiger partial charge in [0.05, 0.1) is 10.9 Å². The third kappa shape index (κ3) is 6.98. The maximum atomic E-state index is 13.6. The van der Waals surface area contributed by atoms with E-state index < -0.39 is 23.0 Å². The summed E-state index contributed by atoms with van der Waals surface area (Å²) < 4.78 is 0. The molecule has 0 spiro atoms. The van der Waals surface area contributed by atoms with Crippen molar-refractivity contribution in [1.82, 2.24) is 5.32 Å². The van der Waals surface area contributed by atoms with Crippen LogP contribution in [0.4, 0.5) is 11.4 Å². The molecule has 232 valence electrons. The van der Waals surface area contributed by atoms with Crippen molar-refractivity contribution < 1.29 is 24.0 Å². The van der Waals surface area contributed by atoms with Crippen LogP contribution in [-0.4, -0.2) is 34.8 Å². The maximum Gasteiger partial charge on any atom is 0.272 e. The Morgan fingerprint density at radius 2 is 1.45 bits per heavy atom. The zero-order valence-electron chi connectivity index (χ0n) is 24.9. The van der Waals surface area contributed by atoms with Crippen molar-refractivity contribution in [2.45, 2.75) is 16.6 Å². The molecule has 0 radical (unpaired) electrons. The average molecular weight is 641 g/mol. The summed E-state index contributed by atoms with van der Waals surface area (Å²) in [5.74, 6) is -2.24. The van der Waals surface area contributed by atoms with Gasteiger partial charge in [-0.1, -0.05) is 60.7 Å². The number of rotatable bonds is 9. The molecule has 1 atom stereocenters. The van der Waals surface area contributed by atoms with Crippen LogP contribution >= 0.6 is 11.8 Å². The van der Waals surface area contributed by atoms with Gasteiger partial charge in [0, 0.05) is 28.1 Å². The number of imide groups is 1. The standard InChI is InChI=1S/C37H28N4O5S/c38-34(43)24-13-17-28(18-14-24)41-33(42)22-32(37(41)46)47-29-19-15-27(16-20-29)39-36(45)31(40-35(44)25-8-2-1-3-9-25)21-26-11-6-10-23-7-4-5-12-30(23)26/h1-21,32H,22H2,(H2,38,43)(H,39,45)(H,40,44)/b31-21-. The third-order valence-electron chi connectivity index (χ3n) is 7.56. The van der Waals surface area contributed by atoms with Gasteiger partial charge in [0.2, 0.25) is 17.7 Å². The molecular weight excluding hydrogens is 612 g/mol. The summed E-state index contributed by atoms with van der Waals surface area (Å²) in [4.78, 5) is 65.7. The number of thioether (sulfide) groups is 1. The first-order valence-electron chi connectivity index (χ1n) is 14.7. The number of carbonyl (C=O) groups excluding carboxylic acids is 5. The monoisotopic (exact) mass is 640 g/mol. The minimum absolute atomic E-state index is 0.0169. The fourth-order valence-electron chi connectivity index (χ4n) is 5.20. The molecule has 1 aliphatic heterocycles. The number of nitrogens with zero attached hydrogens (tertiary/aromatic N) is 1. The number of hydrogen-bond acceptors (Lipinski definition) is 6. The molecular formula is C37H28N4O5S. The van der Waals surface area contributed by atoms with E-state index in [4.69, 9.17) is 5.73 Å². The van der Waals surface area contributed by atoms with Gasteiger partial charge >= 0.3 is 0 Å². The molecule has 0 bridgehead atoms. The second-order valence-corrected chi connectivity index (χ2v) is 12.0. The van der Waals surface area contributed by atoms with Gasteiger partial charge in [-0.05, 0) is 83.1 Å². The summed E-state index contributed by atoms with van der Waals surface area (Å²) in [6.45, 7) is 0. The highest BCUT2D eigenvalue weighted by Crippen LogP contribution is 2.34. The highest BCUT2D eigenvalue weighted by molar-refractivity contribution is 8.00. The maximum absolute atomic E-state index is 13.6. The fourth-order valence-corrected chi connectivity index (χ4v) is 6.25. The topological polar surface area (TPSA) is 139 Å². The number of carbonyl (C=O) groups is 5. The van der Waals surface area contributed by atoms with Crippen molar-refractivity contribution in [3.05, 3.63) is 144 Å². The molecule has 0 aromatic heterocycles.